The van der Waals surface area contributed by atoms with Crippen molar-refractivity contribution in [3.63, 3.8) is 0 Å². The van der Waals surface area contributed by atoms with E-state index in [1.54, 1.807) is 30.0 Å². The Morgan fingerprint density at radius 2 is 2.10 bits per heavy atom. The summed E-state index contributed by atoms with van der Waals surface area (Å²) in [6.45, 7) is 14.5. The molecule has 0 amide bonds. The number of aliphatic hydroxyl groups is 1. The van der Waals surface area contributed by atoms with Crippen LogP contribution in [-0.2, 0) is 4.74 Å². The van der Waals surface area contributed by atoms with Gasteiger partial charge < -0.3 is 20.1 Å². The van der Waals surface area contributed by atoms with Crippen LogP contribution in [0.15, 0.2) is 82.9 Å². The molecule has 1 aliphatic heterocycles. The van der Waals surface area contributed by atoms with Crippen molar-refractivity contribution < 1.29 is 9.84 Å². The van der Waals surface area contributed by atoms with Gasteiger partial charge in [-0.05, 0) is 85.3 Å². The molecule has 3 heterocycles. The number of aliphatic hydroxyl groups excluding tert-OH is 1. The van der Waals surface area contributed by atoms with Gasteiger partial charge in [-0.1, -0.05) is 50.8 Å². The molecule has 0 aromatic carbocycles. The highest BCUT2D eigenvalue weighted by Crippen LogP contribution is 2.26. The third-order valence-corrected chi connectivity index (χ3v) is 7.40. The number of nitrogens with one attached hydrogen (secondary N) is 1. The SMILES string of the molecule is C=C/C(=C(O)\C=C/CC)c1cc(NCC2CCCN(CC)C2)n2ncc(Br)c2n1.COC1=C(C)C=CCC=C1. The maximum Gasteiger partial charge on any atom is 0.172 e. The second kappa shape index (κ2) is 15.5. The summed E-state index contributed by atoms with van der Waals surface area (Å²) in [5.41, 5.74) is 3.16. The zero-order valence-electron chi connectivity index (χ0n) is 23.7. The highest BCUT2D eigenvalue weighted by atomic mass is 79.9. The van der Waals surface area contributed by atoms with Crippen molar-refractivity contribution in [2.75, 3.05) is 38.6 Å². The molecule has 2 N–H and O–H groups in total. The van der Waals surface area contributed by atoms with Crippen LogP contribution < -0.4 is 5.32 Å². The second-order valence-electron chi connectivity index (χ2n) is 9.64. The van der Waals surface area contributed by atoms with E-state index in [9.17, 15) is 5.11 Å². The number of rotatable bonds is 9. The van der Waals surface area contributed by atoms with E-state index >= 15 is 0 Å². The Morgan fingerprint density at radius 1 is 1.31 bits per heavy atom. The standard InChI is InChI=1S/C22H30BrN5O.C9H12O/c1-4-7-10-20(29)17(5-2)19-12-21(28-22(26-19)18(23)14-25-28)24-13-16-9-8-11-27(6-3)15-16;1-8-6-4-3-5-7-9(8)10-2/h5,7,10,12,14,16,24,29H,2,4,6,8-9,11,13,15H2,1,3H3;4-7H,3H2,1-2H3/b10-7-,20-17-;. The Bertz CT molecular complexity index is 1270. The maximum atomic E-state index is 10.5. The molecule has 0 saturated carbocycles. The molecule has 0 spiro atoms. The Morgan fingerprint density at radius 3 is 2.82 bits per heavy atom. The van der Waals surface area contributed by atoms with Gasteiger partial charge in [0.05, 0.1) is 23.5 Å². The first-order chi connectivity index (χ1) is 18.9. The molecular formula is C31H42BrN5O2. The predicted octanol–water partition coefficient (Wildman–Crippen LogP) is 7.48. The van der Waals surface area contributed by atoms with Crippen molar-refractivity contribution in [1.29, 1.82) is 0 Å². The first-order valence-corrected chi connectivity index (χ1v) is 14.5. The Kier molecular flexibility index (Phi) is 12.1. The fourth-order valence-electron chi connectivity index (χ4n) is 4.65. The molecular weight excluding hydrogens is 554 g/mol. The van der Waals surface area contributed by atoms with Crippen LogP contribution in [0.4, 0.5) is 5.82 Å². The molecule has 0 bridgehead atoms. The fraction of sp³-hybridized carbons (Fsp3) is 0.419. The number of allylic oxidation sites excluding steroid dienone is 9. The van der Waals surface area contributed by atoms with E-state index in [-0.39, 0.29) is 5.76 Å². The third-order valence-electron chi connectivity index (χ3n) is 6.84. The summed E-state index contributed by atoms with van der Waals surface area (Å²) in [5.74, 6) is 2.58. The number of fused-ring (bicyclic) bond motifs is 1. The van der Waals surface area contributed by atoms with Crippen molar-refractivity contribution >= 4 is 33.0 Å². The van der Waals surface area contributed by atoms with Gasteiger partial charge in [0.25, 0.3) is 0 Å². The van der Waals surface area contributed by atoms with Gasteiger partial charge >= 0.3 is 0 Å². The number of aromatic nitrogens is 3. The van der Waals surface area contributed by atoms with Crippen LogP contribution in [0.3, 0.4) is 0 Å². The van der Waals surface area contributed by atoms with Gasteiger partial charge in [0.1, 0.15) is 17.3 Å². The number of anilines is 1. The molecule has 1 atom stereocenters. The lowest BCUT2D eigenvalue weighted by molar-refractivity contribution is 0.189. The lowest BCUT2D eigenvalue weighted by Crippen LogP contribution is -2.37. The first-order valence-electron chi connectivity index (χ1n) is 13.7. The van der Waals surface area contributed by atoms with Gasteiger partial charge in [0.2, 0.25) is 0 Å². The molecule has 1 unspecified atom stereocenters. The van der Waals surface area contributed by atoms with E-state index in [2.05, 4.69) is 63.0 Å². The summed E-state index contributed by atoms with van der Waals surface area (Å²) in [4.78, 5) is 7.20. The van der Waals surface area contributed by atoms with Gasteiger partial charge in [-0.15, -0.1) is 0 Å². The summed E-state index contributed by atoms with van der Waals surface area (Å²) < 4.78 is 7.73. The Balaban J connectivity index is 0.000000353. The lowest BCUT2D eigenvalue weighted by atomic mass is 9.98. The number of nitrogens with zero attached hydrogens (tertiary/aromatic N) is 4. The minimum atomic E-state index is 0.158. The zero-order chi connectivity index (χ0) is 28.2. The number of ether oxygens (including phenoxy) is 1. The van der Waals surface area contributed by atoms with Crippen LogP contribution in [0.5, 0.6) is 0 Å². The third kappa shape index (κ3) is 8.44. The Labute approximate surface area is 241 Å². The van der Waals surface area contributed by atoms with Crippen molar-refractivity contribution in [3.8, 4) is 0 Å². The number of likely N-dealkylation sites (tertiary alicyclic amines) is 1. The molecule has 2 aromatic heterocycles. The topological polar surface area (TPSA) is 74.9 Å². The maximum absolute atomic E-state index is 10.5. The molecule has 1 saturated heterocycles. The minimum Gasteiger partial charge on any atom is -0.507 e. The normalized spacial score (nSPS) is 18.5. The summed E-state index contributed by atoms with van der Waals surface area (Å²) in [6.07, 6.45) is 19.6. The van der Waals surface area contributed by atoms with E-state index < -0.39 is 0 Å². The van der Waals surface area contributed by atoms with Gasteiger partial charge in [-0.2, -0.15) is 9.61 Å². The molecule has 1 aliphatic carbocycles. The van der Waals surface area contributed by atoms with E-state index in [1.807, 2.05) is 32.1 Å². The van der Waals surface area contributed by atoms with Gasteiger partial charge in [-0.25, -0.2) is 4.98 Å². The first kappa shape index (κ1) is 30.4. The number of halogens is 1. The molecule has 1 fully saturated rings. The average molecular weight is 597 g/mol. The fourth-order valence-corrected chi connectivity index (χ4v) is 5.00. The number of piperidine rings is 1. The van der Waals surface area contributed by atoms with Crippen LogP contribution in [0, 0.1) is 5.92 Å². The summed E-state index contributed by atoms with van der Waals surface area (Å²) in [7, 11) is 1.70. The highest BCUT2D eigenvalue weighted by Gasteiger charge is 2.20. The molecule has 0 radical (unpaired) electrons. The monoisotopic (exact) mass is 595 g/mol. The smallest absolute Gasteiger partial charge is 0.172 e. The van der Waals surface area contributed by atoms with Gasteiger partial charge in [0, 0.05) is 24.7 Å². The summed E-state index contributed by atoms with van der Waals surface area (Å²) in [6, 6.07) is 1.93. The van der Waals surface area contributed by atoms with Crippen LogP contribution >= 0.6 is 15.9 Å². The number of methoxy groups -OCH3 is 1. The number of hydrogen-bond donors (Lipinski definition) is 2. The quantitative estimate of drug-likeness (QED) is 0.231. The molecule has 4 rings (SSSR count). The highest BCUT2D eigenvalue weighted by molar-refractivity contribution is 9.10. The number of hydrogen-bond acceptors (Lipinski definition) is 6. The molecule has 210 valence electrons. The molecule has 2 aromatic rings. The lowest BCUT2D eigenvalue weighted by Gasteiger charge is -2.32. The molecule has 2 aliphatic rings. The zero-order valence-corrected chi connectivity index (χ0v) is 25.2. The van der Waals surface area contributed by atoms with Crippen molar-refractivity contribution in [1.82, 2.24) is 19.5 Å². The second-order valence-corrected chi connectivity index (χ2v) is 10.5. The Hall–Kier alpha value is -3.10. The van der Waals surface area contributed by atoms with Crippen LogP contribution in [-0.4, -0.2) is 57.9 Å². The van der Waals surface area contributed by atoms with Crippen LogP contribution in [0.25, 0.3) is 11.2 Å². The van der Waals surface area contributed by atoms with E-state index in [4.69, 9.17) is 9.72 Å². The average Bonchev–Trinajstić information content (AvgIpc) is 3.20. The molecule has 8 heteroatoms. The molecule has 39 heavy (non-hydrogen) atoms. The largest absolute Gasteiger partial charge is 0.507 e. The van der Waals surface area contributed by atoms with Gasteiger partial charge in [0.15, 0.2) is 5.65 Å². The van der Waals surface area contributed by atoms with Crippen molar-refractivity contribution in [2.24, 2.45) is 5.92 Å². The van der Waals surface area contributed by atoms with Crippen LogP contribution in [0.1, 0.15) is 52.1 Å². The van der Waals surface area contributed by atoms with Crippen molar-refractivity contribution in [2.45, 2.75) is 46.5 Å². The van der Waals surface area contributed by atoms with Gasteiger partial charge in [-0.3, -0.25) is 0 Å². The van der Waals surface area contributed by atoms with E-state index in [1.165, 1.54) is 25.0 Å². The summed E-state index contributed by atoms with van der Waals surface area (Å²) >= 11 is 3.53. The summed E-state index contributed by atoms with van der Waals surface area (Å²) in [5, 5.41) is 18.5. The van der Waals surface area contributed by atoms with Crippen LogP contribution in [0.2, 0.25) is 0 Å². The van der Waals surface area contributed by atoms with E-state index in [0.717, 1.165) is 48.5 Å². The predicted molar refractivity (Wildman–Crippen MR) is 166 cm³/mol. The molecule has 7 nitrogen and oxygen atoms in total. The van der Waals surface area contributed by atoms with Crippen molar-refractivity contribution in [3.05, 3.63) is 88.6 Å². The minimum absolute atomic E-state index is 0.158. The van der Waals surface area contributed by atoms with E-state index in [0.29, 0.717) is 22.8 Å².